The van der Waals surface area contributed by atoms with Gasteiger partial charge in [0, 0.05) is 31.4 Å². The molecular formula is C15H18ClN3O. The van der Waals surface area contributed by atoms with E-state index in [4.69, 9.17) is 16.3 Å². The predicted octanol–water partition coefficient (Wildman–Crippen LogP) is 2.58. The van der Waals surface area contributed by atoms with E-state index in [0.29, 0.717) is 5.15 Å². The second-order valence-electron chi connectivity index (χ2n) is 4.93. The minimum atomic E-state index is 0.272. The number of imidazole rings is 1. The van der Waals surface area contributed by atoms with Crippen LogP contribution in [0.15, 0.2) is 36.5 Å². The number of nitrogens with zero attached hydrogens (tertiary/aromatic N) is 2. The van der Waals surface area contributed by atoms with Crippen LogP contribution in [0.2, 0.25) is 5.15 Å². The first kappa shape index (κ1) is 13.6. The number of nitrogens with one attached hydrogen (secondary N) is 1. The number of rotatable bonds is 4. The number of morpholine rings is 1. The average Bonchev–Trinajstić information content (AvgIpc) is 2.88. The zero-order valence-corrected chi connectivity index (χ0v) is 12.0. The van der Waals surface area contributed by atoms with Gasteiger partial charge in [0.15, 0.2) is 0 Å². The van der Waals surface area contributed by atoms with Gasteiger partial charge in [0.2, 0.25) is 0 Å². The normalized spacial score (nSPS) is 19.1. The van der Waals surface area contributed by atoms with Crippen molar-refractivity contribution in [3.63, 3.8) is 0 Å². The Morgan fingerprint density at radius 1 is 1.35 bits per heavy atom. The second kappa shape index (κ2) is 6.39. The molecule has 1 aliphatic heterocycles. The molecule has 0 spiro atoms. The van der Waals surface area contributed by atoms with Crippen molar-refractivity contribution in [3.05, 3.63) is 41.7 Å². The van der Waals surface area contributed by atoms with Gasteiger partial charge in [-0.25, -0.2) is 4.98 Å². The van der Waals surface area contributed by atoms with Crippen LogP contribution in [0.1, 0.15) is 6.42 Å². The van der Waals surface area contributed by atoms with E-state index < -0.39 is 0 Å². The van der Waals surface area contributed by atoms with Crippen LogP contribution in [0.4, 0.5) is 0 Å². The van der Waals surface area contributed by atoms with Crippen LogP contribution in [-0.4, -0.2) is 35.4 Å². The lowest BCUT2D eigenvalue weighted by Gasteiger charge is -2.23. The van der Waals surface area contributed by atoms with Gasteiger partial charge in [-0.2, -0.15) is 0 Å². The molecule has 3 rings (SSSR count). The largest absolute Gasteiger partial charge is 0.376 e. The first-order valence-electron chi connectivity index (χ1n) is 6.93. The van der Waals surface area contributed by atoms with Crippen molar-refractivity contribution in [1.82, 2.24) is 14.9 Å². The molecule has 1 aromatic carbocycles. The van der Waals surface area contributed by atoms with E-state index in [2.05, 4.69) is 14.9 Å². The van der Waals surface area contributed by atoms with E-state index in [0.717, 1.165) is 44.0 Å². The van der Waals surface area contributed by atoms with Crippen molar-refractivity contribution in [2.24, 2.45) is 0 Å². The van der Waals surface area contributed by atoms with Gasteiger partial charge < -0.3 is 14.6 Å². The maximum Gasteiger partial charge on any atom is 0.147 e. The summed E-state index contributed by atoms with van der Waals surface area (Å²) >= 11 is 6.06. The van der Waals surface area contributed by atoms with E-state index in [1.807, 2.05) is 36.5 Å². The molecule has 106 valence electrons. The van der Waals surface area contributed by atoms with Crippen LogP contribution in [0.25, 0.3) is 11.4 Å². The average molecular weight is 292 g/mol. The van der Waals surface area contributed by atoms with Crippen LogP contribution in [0, 0.1) is 0 Å². The molecule has 0 aliphatic carbocycles. The van der Waals surface area contributed by atoms with Gasteiger partial charge in [-0.05, 0) is 6.42 Å². The Labute approximate surface area is 123 Å². The molecule has 1 atom stereocenters. The summed E-state index contributed by atoms with van der Waals surface area (Å²) in [5.41, 5.74) is 1.09. The number of hydrogen-bond donors (Lipinski definition) is 1. The quantitative estimate of drug-likeness (QED) is 0.941. The zero-order valence-electron chi connectivity index (χ0n) is 11.3. The molecule has 0 amide bonds. The number of halogens is 1. The summed E-state index contributed by atoms with van der Waals surface area (Å²) in [6.07, 6.45) is 3.12. The Kier molecular flexibility index (Phi) is 4.35. The van der Waals surface area contributed by atoms with Crippen molar-refractivity contribution < 1.29 is 4.74 Å². The lowest BCUT2D eigenvalue weighted by molar-refractivity contribution is 0.0211. The Balaban J connectivity index is 1.73. The molecule has 1 fully saturated rings. The Morgan fingerprint density at radius 2 is 2.20 bits per heavy atom. The van der Waals surface area contributed by atoms with Crippen LogP contribution < -0.4 is 5.32 Å². The lowest BCUT2D eigenvalue weighted by atomic mass is 10.2. The van der Waals surface area contributed by atoms with Gasteiger partial charge >= 0.3 is 0 Å². The molecule has 2 aromatic rings. The number of aryl methyl sites for hydroxylation is 1. The van der Waals surface area contributed by atoms with Crippen molar-refractivity contribution in [2.45, 2.75) is 19.1 Å². The summed E-state index contributed by atoms with van der Waals surface area (Å²) in [5, 5.41) is 3.88. The highest BCUT2D eigenvalue weighted by atomic mass is 35.5. The maximum atomic E-state index is 6.06. The monoisotopic (exact) mass is 291 g/mol. The molecular weight excluding hydrogens is 274 g/mol. The molecule has 0 saturated carbocycles. The summed E-state index contributed by atoms with van der Waals surface area (Å²) in [4.78, 5) is 4.42. The Hall–Kier alpha value is -1.36. The van der Waals surface area contributed by atoms with Crippen LogP contribution in [0.3, 0.4) is 0 Å². The summed E-state index contributed by atoms with van der Waals surface area (Å²) in [6, 6.07) is 10.1. The molecule has 0 bridgehead atoms. The van der Waals surface area contributed by atoms with E-state index in [1.165, 1.54) is 0 Å². The molecule has 20 heavy (non-hydrogen) atoms. The molecule has 5 heteroatoms. The molecule has 1 N–H and O–H groups in total. The molecule has 1 saturated heterocycles. The van der Waals surface area contributed by atoms with Crippen LogP contribution in [-0.2, 0) is 11.3 Å². The highest BCUT2D eigenvalue weighted by Gasteiger charge is 2.15. The molecule has 1 unspecified atom stereocenters. The fourth-order valence-electron chi connectivity index (χ4n) is 2.46. The Morgan fingerprint density at radius 3 is 2.95 bits per heavy atom. The fraction of sp³-hybridized carbons (Fsp3) is 0.400. The van der Waals surface area contributed by atoms with Gasteiger partial charge in [0.25, 0.3) is 0 Å². The number of benzene rings is 1. The smallest absolute Gasteiger partial charge is 0.147 e. The lowest BCUT2D eigenvalue weighted by Crippen LogP contribution is -2.38. The first-order chi connectivity index (χ1) is 9.83. The van der Waals surface area contributed by atoms with Gasteiger partial charge in [-0.3, -0.25) is 0 Å². The highest BCUT2D eigenvalue weighted by Crippen LogP contribution is 2.21. The third-order valence-corrected chi connectivity index (χ3v) is 3.66. The standard InChI is InChI=1S/C15H18ClN3O/c16-14-11-19(8-6-13-10-17-7-9-20-13)15(18-14)12-4-2-1-3-5-12/h1-5,11,13,17H,6-10H2. The number of aromatic nitrogens is 2. The maximum absolute atomic E-state index is 6.06. The predicted molar refractivity (Wildman–Crippen MR) is 79.9 cm³/mol. The summed E-state index contributed by atoms with van der Waals surface area (Å²) in [6.45, 7) is 3.52. The van der Waals surface area contributed by atoms with Crippen molar-refractivity contribution in [1.29, 1.82) is 0 Å². The Bertz CT molecular complexity index is 550. The summed E-state index contributed by atoms with van der Waals surface area (Å²) in [7, 11) is 0. The minimum absolute atomic E-state index is 0.272. The van der Waals surface area contributed by atoms with Crippen LogP contribution in [0.5, 0.6) is 0 Å². The summed E-state index contributed by atoms with van der Waals surface area (Å²) in [5.74, 6) is 0.916. The van der Waals surface area contributed by atoms with Crippen molar-refractivity contribution >= 4 is 11.6 Å². The number of ether oxygens (including phenoxy) is 1. The van der Waals surface area contributed by atoms with E-state index in [1.54, 1.807) is 0 Å². The third kappa shape index (κ3) is 3.20. The summed E-state index contributed by atoms with van der Waals surface area (Å²) < 4.78 is 7.83. The van der Waals surface area contributed by atoms with E-state index >= 15 is 0 Å². The third-order valence-electron chi connectivity index (χ3n) is 3.48. The van der Waals surface area contributed by atoms with Crippen LogP contribution >= 0.6 is 11.6 Å². The minimum Gasteiger partial charge on any atom is -0.376 e. The van der Waals surface area contributed by atoms with Crippen molar-refractivity contribution in [2.75, 3.05) is 19.7 Å². The highest BCUT2D eigenvalue weighted by molar-refractivity contribution is 6.29. The molecule has 2 heterocycles. The first-order valence-corrected chi connectivity index (χ1v) is 7.31. The van der Waals surface area contributed by atoms with E-state index in [-0.39, 0.29) is 6.10 Å². The molecule has 0 radical (unpaired) electrons. The van der Waals surface area contributed by atoms with Gasteiger partial charge in [0.05, 0.1) is 12.7 Å². The number of hydrogen-bond acceptors (Lipinski definition) is 3. The van der Waals surface area contributed by atoms with E-state index in [9.17, 15) is 0 Å². The second-order valence-corrected chi connectivity index (χ2v) is 5.32. The molecule has 1 aromatic heterocycles. The SMILES string of the molecule is Clc1cn(CCC2CNCCO2)c(-c2ccccc2)n1. The fourth-order valence-corrected chi connectivity index (χ4v) is 2.66. The molecule has 1 aliphatic rings. The van der Waals surface area contributed by atoms with Crippen molar-refractivity contribution in [3.8, 4) is 11.4 Å². The zero-order chi connectivity index (χ0) is 13.8. The topological polar surface area (TPSA) is 39.1 Å². The van der Waals surface area contributed by atoms with Gasteiger partial charge in [-0.15, -0.1) is 0 Å². The van der Waals surface area contributed by atoms with Gasteiger partial charge in [0.1, 0.15) is 11.0 Å². The van der Waals surface area contributed by atoms with Gasteiger partial charge in [-0.1, -0.05) is 41.9 Å². The molecule has 4 nitrogen and oxygen atoms in total.